The van der Waals surface area contributed by atoms with Crippen LogP contribution < -0.4 is 14.2 Å². The van der Waals surface area contributed by atoms with Gasteiger partial charge in [0, 0.05) is 18.7 Å². The maximum Gasteiger partial charge on any atom is 0.247 e. The average Bonchev–Trinajstić information content (AvgIpc) is 2.69. The molecular weight excluding hydrogens is 370 g/mol. The lowest BCUT2D eigenvalue weighted by molar-refractivity contribution is 0.123. The first kappa shape index (κ1) is 19.4. The van der Waals surface area contributed by atoms with Crippen molar-refractivity contribution in [1.82, 2.24) is 14.5 Å². The largest absolute Gasteiger partial charge is 0.497 e. The minimum atomic E-state index is -3.76. The molecule has 1 aromatic carbocycles. The number of rotatable bonds is 6. The van der Waals surface area contributed by atoms with E-state index in [1.54, 1.807) is 24.3 Å². The van der Waals surface area contributed by atoms with Gasteiger partial charge in [-0.2, -0.15) is 9.40 Å². The monoisotopic (exact) mass is 393 g/mol. The molecule has 0 spiro atoms. The smallest absolute Gasteiger partial charge is 0.247 e. The summed E-state index contributed by atoms with van der Waals surface area (Å²) in [6.07, 6.45) is 1.15. The molecule has 1 saturated heterocycles. The molecule has 0 saturated carbocycles. The van der Waals surface area contributed by atoms with Crippen LogP contribution in [0.15, 0.2) is 35.2 Å². The van der Waals surface area contributed by atoms with Crippen LogP contribution in [0.2, 0.25) is 0 Å². The van der Waals surface area contributed by atoms with Gasteiger partial charge < -0.3 is 14.2 Å². The molecule has 1 atom stereocenters. The van der Waals surface area contributed by atoms with E-state index in [4.69, 9.17) is 14.2 Å². The minimum absolute atomic E-state index is 0.0835. The number of hydrogen-bond acceptors (Lipinski definition) is 7. The van der Waals surface area contributed by atoms with Crippen molar-refractivity contribution < 1.29 is 22.6 Å². The number of ether oxygens (including phenoxy) is 3. The van der Waals surface area contributed by atoms with Gasteiger partial charge in [-0.1, -0.05) is 0 Å². The predicted molar refractivity (Wildman–Crippen MR) is 98.7 cm³/mol. The molecule has 1 aliphatic heterocycles. The zero-order valence-corrected chi connectivity index (χ0v) is 16.4. The van der Waals surface area contributed by atoms with Crippen molar-refractivity contribution in [1.29, 1.82) is 0 Å². The molecule has 0 aliphatic carbocycles. The van der Waals surface area contributed by atoms with E-state index in [9.17, 15) is 8.42 Å². The van der Waals surface area contributed by atoms with Crippen molar-refractivity contribution in [3.8, 4) is 17.4 Å². The molecule has 1 unspecified atom stereocenters. The number of sulfonamides is 1. The summed E-state index contributed by atoms with van der Waals surface area (Å²) in [5.41, 5.74) is 0.792. The van der Waals surface area contributed by atoms with Gasteiger partial charge in [0.05, 0.1) is 26.5 Å². The third-order valence-corrected chi connectivity index (χ3v) is 6.28. The van der Waals surface area contributed by atoms with Crippen molar-refractivity contribution in [3.63, 3.8) is 0 Å². The van der Waals surface area contributed by atoms with E-state index < -0.39 is 10.0 Å². The second-order valence-corrected chi connectivity index (χ2v) is 8.18. The van der Waals surface area contributed by atoms with E-state index in [-0.39, 0.29) is 23.3 Å². The Kier molecular flexibility index (Phi) is 5.81. The van der Waals surface area contributed by atoms with Crippen molar-refractivity contribution in [2.45, 2.75) is 30.8 Å². The van der Waals surface area contributed by atoms with Crippen LogP contribution in [0.3, 0.4) is 0 Å². The summed E-state index contributed by atoms with van der Waals surface area (Å²) in [7, 11) is -0.822. The zero-order valence-electron chi connectivity index (χ0n) is 15.6. The average molecular weight is 393 g/mol. The van der Waals surface area contributed by atoms with E-state index >= 15 is 0 Å². The summed E-state index contributed by atoms with van der Waals surface area (Å²) in [4.78, 5) is 0.0835. The van der Waals surface area contributed by atoms with Gasteiger partial charge in [0.1, 0.15) is 22.5 Å². The fraction of sp³-hybridized carbons (Fsp3) is 0.444. The van der Waals surface area contributed by atoms with Gasteiger partial charge >= 0.3 is 0 Å². The lowest BCUT2D eigenvalue weighted by Gasteiger charge is -2.32. The van der Waals surface area contributed by atoms with Gasteiger partial charge in [-0.3, -0.25) is 0 Å². The Labute approximate surface area is 159 Å². The van der Waals surface area contributed by atoms with E-state index in [2.05, 4.69) is 10.2 Å². The van der Waals surface area contributed by atoms with Crippen molar-refractivity contribution in [2.24, 2.45) is 0 Å². The normalized spacial score (nSPS) is 18.1. The standard InChI is InChI=1S/C18H23N3O5S/c1-13-6-9-18(20-19-13)26-15-5-4-10-21(12-15)27(22,23)17-11-14(24-2)7-8-16(17)25-3/h6-9,11,15H,4-5,10,12H2,1-3H3. The number of aromatic nitrogens is 2. The van der Waals surface area contributed by atoms with E-state index in [1.165, 1.54) is 24.6 Å². The molecule has 2 heterocycles. The minimum Gasteiger partial charge on any atom is -0.497 e. The molecule has 1 aromatic heterocycles. The van der Waals surface area contributed by atoms with Crippen LogP contribution in [0, 0.1) is 6.92 Å². The van der Waals surface area contributed by atoms with Gasteiger partial charge in [0.2, 0.25) is 15.9 Å². The molecule has 3 rings (SSSR count). The fourth-order valence-corrected chi connectivity index (χ4v) is 4.65. The summed E-state index contributed by atoms with van der Waals surface area (Å²) in [5.74, 6) is 1.13. The van der Waals surface area contributed by atoms with Crippen molar-refractivity contribution in [2.75, 3.05) is 27.3 Å². The van der Waals surface area contributed by atoms with Gasteiger partial charge in [-0.25, -0.2) is 8.42 Å². The fourth-order valence-electron chi connectivity index (χ4n) is 2.96. The quantitative estimate of drug-likeness (QED) is 0.742. The second-order valence-electron chi connectivity index (χ2n) is 6.27. The van der Waals surface area contributed by atoms with Crippen LogP contribution in [0.1, 0.15) is 18.5 Å². The Morgan fingerprint density at radius 1 is 1.11 bits per heavy atom. The predicted octanol–water partition coefficient (Wildman–Crippen LogP) is 2.03. The third-order valence-electron chi connectivity index (χ3n) is 4.39. The summed E-state index contributed by atoms with van der Waals surface area (Å²) in [6, 6.07) is 8.27. The number of methoxy groups -OCH3 is 2. The highest BCUT2D eigenvalue weighted by atomic mass is 32.2. The maximum atomic E-state index is 13.2. The number of nitrogens with zero attached hydrogens (tertiary/aromatic N) is 3. The van der Waals surface area contributed by atoms with E-state index in [1.807, 2.05) is 6.92 Å². The van der Waals surface area contributed by atoms with Gasteiger partial charge in [-0.15, -0.1) is 5.10 Å². The summed E-state index contributed by atoms with van der Waals surface area (Å²) in [6.45, 7) is 2.49. The van der Waals surface area contributed by atoms with Crippen LogP contribution in [0.4, 0.5) is 0 Å². The van der Waals surface area contributed by atoms with Crippen LogP contribution in [-0.2, 0) is 10.0 Å². The maximum absolute atomic E-state index is 13.2. The first-order valence-corrected chi connectivity index (χ1v) is 10.1. The van der Waals surface area contributed by atoms with E-state index in [0.717, 1.165) is 12.1 Å². The highest BCUT2D eigenvalue weighted by molar-refractivity contribution is 7.89. The zero-order chi connectivity index (χ0) is 19.4. The molecule has 0 radical (unpaired) electrons. The highest BCUT2D eigenvalue weighted by Gasteiger charge is 2.33. The summed E-state index contributed by atoms with van der Waals surface area (Å²) >= 11 is 0. The van der Waals surface area contributed by atoms with Crippen LogP contribution in [0.5, 0.6) is 17.4 Å². The Balaban J connectivity index is 1.81. The Bertz CT molecular complexity index is 886. The molecule has 27 heavy (non-hydrogen) atoms. The van der Waals surface area contributed by atoms with Crippen LogP contribution >= 0.6 is 0 Å². The van der Waals surface area contributed by atoms with Gasteiger partial charge in [0.15, 0.2) is 0 Å². The lowest BCUT2D eigenvalue weighted by atomic mass is 10.1. The first-order chi connectivity index (χ1) is 12.9. The Hall–Kier alpha value is -2.39. The SMILES string of the molecule is COc1ccc(OC)c(S(=O)(=O)N2CCCC(Oc3ccc(C)nn3)C2)c1. The Morgan fingerprint density at radius 3 is 2.59 bits per heavy atom. The topological polar surface area (TPSA) is 90.9 Å². The number of benzene rings is 1. The molecule has 8 nitrogen and oxygen atoms in total. The Morgan fingerprint density at radius 2 is 1.93 bits per heavy atom. The molecule has 0 N–H and O–H groups in total. The van der Waals surface area contributed by atoms with E-state index in [0.29, 0.717) is 24.6 Å². The van der Waals surface area contributed by atoms with Crippen molar-refractivity contribution >= 4 is 10.0 Å². The third kappa shape index (κ3) is 4.30. The lowest BCUT2D eigenvalue weighted by Crippen LogP contribution is -2.44. The molecule has 146 valence electrons. The van der Waals surface area contributed by atoms with Crippen LogP contribution in [0.25, 0.3) is 0 Å². The number of piperidine rings is 1. The second kappa shape index (κ2) is 8.10. The van der Waals surface area contributed by atoms with Crippen LogP contribution in [-0.4, -0.2) is 56.3 Å². The van der Waals surface area contributed by atoms with Crippen molar-refractivity contribution in [3.05, 3.63) is 36.0 Å². The number of aryl methyl sites for hydroxylation is 1. The van der Waals surface area contributed by atoms with Gasteiger partial charge in [-0.05, 0) is 38.0 Å². The first-order valence-electron chi connectivity index (χ1n) is 8.63. The molecule has 1 aliphatic rings. The molecule has 1 fully saturated rings. The summed E-state index contributed by atoms with van der Waals surface area (Å²) in [5, 5.41) is 7.96. The molecular formula is C18H23N3O5S. The molecule has 2 aromatic rings. The highest BCUT2D eigenvalue weighted by Crippen LogP contribution is 2.32. The molecule has 9 heteroatoms. The summed E-state index contributed by atoms with van der Waals surface area (Å²) < 4.78 is 44.0. The van der Waals surface area contributed by atoms with Gasteiger partial charge in [0.25, 0.3) is 0 Å². The number of hydrogen-bond donors (Lipinski definition) is 0. The molecule has 0 bridgehead atoms. The molecule has 0 amide bonds.